The Labute approximate surface area is 119 Å². The van der Waals surface area contributed by atoms with Crippen molar-refractivity contribution in [2.45, 2.75) is 13.5 Å². The predicted octanol–water partition coefficient (Wildman–Crippen LogP) is 4.01. The fraction of sp³-hybridized carbons (Fsp3) is 0.167. The fourth-order valence-corrected chi connectivity index (χ4v) is 2.43. The van der Waals surface area contributed by atoms with E-state index in [9.17, 15) is 0 Å². The highest BCUT2D eigenvalue weighted by Crippen LogP contribution is 2.25. The van der Waals surface area contributed by atoms with E-state index in [0.717, 1.165) is 18.6 Å². The van der Waals surface area contributed by atoms with Gasteiger partial charge in [0.2, 0.25) is 0 Å². The summed E-state index contributed by atoms with van der Waals surface area (Å²) in [5.74, 6) is 0. The number of para-hydroxylation sites is 1. The van der Waals surface area contributed by atoms with Crippen LogP contribution in [0.4, 0.5) is 0 Å². The average molecular weight is 262 g/mol. The minimum absolute atomic E-state index is 0.888. The molecule has 1 N–H and O–H groups in total. The van der Waals surface area contributed by atoms with Gasteiger partial charge >= 0.3 is 0 Å². The Morgan fingerprint density at radius 1 is 1.00 bits per heavy atom. The lowest BCUT2D eigenvalue weighted by Gasteiger charge is -2.10. The molecule has 0 bridgehead atoms. The first-order valence-electron chi connectivity index (χ1n) is 7.02. The Hall–Kier alpha value is -2.19. The molecule has 1 aromatic heterocycles. The van der Waals surface area contributed by atoms with Crippen LogP contribution in [0.15, 0.2) is 60.8 Å². The highest BCUT2D eigenvalue weighted by Gasteiger charge is 2.05. The molecule has 3 aromatic rings. The molecule has 2 heteroatoms. The standard InChI is InChI=1S/C18H18N2/c1-2-19-12-15-8-3-5-9-17(15)16-11-14-7-4-6-10-18(14)20-13-16/h3-11,13,19H,2,12H2,1H3. The van der Waals surface area contributed by atoms with Gasteiger partial charge in [0.1, 0.15) is 0 Å². The van der Waals surface area contributed by atoms with Crippen molar-refractivity contribution >= 4 is 10.9 Å². The molecule has 0 saturated carbocycles. The van der Waals surface area contributed by atoms with Crippen molar-refractivity contribution in [1.29, 1.82) is 0 Å². The lowest BCUT2D eigenvalue weighted by atomic mass is 10.00. The van der Waals surface area contributed by atoms with E-state index < -0.39 is 0 Å². The number of benzene rings is 2. The number of pyridine rings is 1. The summed E-state index contributed by atoms with van der Waals surface area (Å²) >= 11 is 0. The molecule has 0 aliphatic rings. The molecule has 0 amide bonds. The minimum Gasteiger partial charge on any atom is -0.313 e. The Kier molecular flexibility index (Phi) is 3.75. The molecule has 20 heavy (non-hydrogen) atoms. The van der Waals surface area contributed by atoms with E-state index in [4.69, 9.17) is 0 Å². The maximum absolute atomic E-state index is 4.56. The average Bonchev–Trinajstić information content (AvgIpc) is 2.53. The quantitative estimate of drug-likeness (QED) is 0.768. The van der Waals surface area contributed by atoms with Crippen molar-refractivity contribution in [2.24, 2.45) is 0 Å². The molecule has 0 radical (unpaired) electrons. The van der Waals surface area contributed by atoms with Crippen LogP contribution in [0.2, 0.25) is 0 Å². The molecule has 0 fully saturated rings. The lowest BCUT2D eigenvalue weighted by molar-refractivity contribution is 0.728. The molecule has 100 valence electrons. The smallest absolute Gasteiger partial charge is 0.0702 e. The van der Waals surface area contributed by atoms with E-state index in [1.54, 1.807) is 0 Å². The molecule has 0 saturated heterocycles. The van der Waals surface area contributed by atoms with Crippen LogP contribution in [0.25, 0.3) is 22.0 Å². The van der Waals surface area contributed by atoms with Crippen LogP contribution in [0.5, 0.6) is 0 Å². The molecule has 2 nitrogen and oxygen atoms in total. The number of aromatic nitrogens is 1. The number of nitrogens with one attached hydrogen (secondary N) is 1. The van der Waals surface area contributed by atoms with Crippen LogP contribution in [0, 0.1) is 0 Å². The maximum Gasteiger partial charge on any atom is 0.0702 e. The van der Waals surface area contributed by atoms with Crippen LogP contribution in [0.1, 0.15) is 12.5 Å². The topological polar surface area (TPSA) is 24.9 Å². The largest absolute Gasteiger partial charge is 0.313 e. The van der Waals surface area contributed by atoms with E-state index >= 15 is 0 Å². The first kappa shape index (κ1) is 12.8. The number of hydrogen-bond acceptors (Lipinski definition) is 2. The van der Waals surface area contributed by atoms with Gasteiger partial charge < -0.3 is 5.32 Å². The van der Waals surface area contributed by atoms with Crippen molar-refractivity contribution in [2.75, 3.05) is 6.54 Å². The van der Waals surface area contributed by atoms with Crippen molar-refractivity contribution in [3.05, 3.63) is 66.4 Å². The van der Waals surface area contributed by atoms with Crippen LogP contribution >= 0.6 is 0 Å². The Morgan fingerprint density at radius 3 is 2.70 bits per heavy atom. The van der Waals surface area contributed by atoms with Gasteiger partial charge in [-0.15, -0.1) is 0 Å². The zero-order valence-corrected chi connectivity index (χ0v) is 11.6. The third-order valence-electron chi connectivity index (χ3n) is 3.48. The van der Waals surface area contributed by atoms with Gasteiger partial charge in [0.25, 0.3) is 0 Å². The van der Waals surface area contributed by atoms with E-state index in [-0.39, 0.29) is 0 Å². The number of hydrogen-bond donors (Lipinski definition) is 1. The molecule has 0 atom stereocenters. The second-order valence-corrected chi connectivity index (χ2v) is 4.85. The van der Waals surface area contributed by atoms with Crippen LogP contribution in [-0.4, -0.2) is 11.5 Å². The van der Waals surface area contributed by atoms with E-state index in [2.05, 4.69) is 59.7 Å². The summed E-state index contributed by atoms with van der Waals surface area (Å²) in [6.45, 7) is 3.99. The Balaban J connectivity index is 2.06. The molecule has 0 aliphatic heterocycles. The zero-order valence-electron chi connectivity index (χ0n) is 11.6. The lowest BCUT2D eigenvalue weighted by Crippen LogP contribution is -2.12. The third-order valence-corrected chi connectivity index (χ3v) is 3.48. The van der Waals surface area contributed by atoms with Gasteiger partial charge in [-0.3, -0.25) is 4.98 Å². The summed E-state index contributed by atoms with van der Waals surface area (Å²) in [5, 5.41) is 4.58. The van der Waals surface area contributed by atoms with Gasteiger partial charge in [-0.05, 0) is 29.8 Å². The van der Waals surface area contributed by atoms with Crippen LogP contribution in [-0.2, 0) is 6.54 Å². The van der Waals surface area contributed by atoms with Gasteiger partial charge in [0, 0.05) is 23.7 Å². The molecular weight excluding hydrogens is 244 g/mol. The number of fused-ring (bicyclic) bond motifs is 1. The van der Waals surface area contributed by atoms with Crippen LogP contribution in [0.3, 0.4) is 0 Å². The van der Waals surface area contributed by atoms with E-state index in [1.807, 2.05) is 18.3 Å². The molecule has 0 spiro atoms. The van der Waals surface area contributed by atoms with Gasteiger partial charge in [0.15, 0.2) is 0 Å². The number of nitrogens with zero attached hydrogens (tertiary/aromatic N) is 1. The molecule has 0 aliphatic carbocycles. The first-order valence-corrected chi connectivity index (χ1v) is 7.02. The molecular formula is C18H18N2. The summed E-state index contributed by atoms with van der Waals surface area (Å²) < 4.78 is 0. The second-order valence-electron chi connectivity index (χ2n) is 4.85. The third kappa shape index (κ3) is 2.56. The number of rotatable bonds is 4. The SMILES string of the molecule is CCNCc1ccccc1-c1cnc2ccccc2c1. The van der Waals surface area contributed by atoms with E-state index in [1.165, 1.54) is 22.1 Å². The fourth-order valence-electron chi connectivity index (χ4n) is 2.43. The van der Waals surface area contributed by atoms with E-state index in [0.29, 0.717) is 0 Å². The second kappa shape index (κ2) is 5.85. The summed E-state index contributed by atoms with van der Waals surface area (Å²) in [7, 11) is 0. The van der Waals surface area contributed by atoms with Crippen molar-refractivity contribution in [3.8, 4) is 11.1 Å². The van der Waals surface area contributed by atoms with Crippen molar-refractivity contribution < 1.29 is 0 Å². The highest BCUT2D eigenvalue weighted by molar-refractivity contribution is 5.84. The van der Waals surface area contributed by atoms with Crippen molar-refractivity contribution in [1.82, 2.24) is 10.3 Å². The normalized spacial score (nSPS) is 10.8. The van der Waals surface area contributed by atoms with Gasteiger partial charge in [-0.2, -0.15) is 0 Å². The Bertz CT molecular complexity index is 719. The van der Waals surface area contributed by atoms with Crippen LogP contribution < -0.4 is 5.32 Å². The summed E-state index contributed by atoms with van der Waals surface area (Å²) in [5.41, 5.74) is 4.79. The zero-order chi connectivity index (χ0) is 13.8. The highest BCUT2D eigenvalue weighted by atomic mass is 14.8. The monoisotopic (exact) mass is 262 g/mol. The summed E-state index contributed by atoms with van der Waals surface area (Å²) in [6, 6.07) is 19.0. The molecule has 3 rings (SSSR count). The maximum atomic E-state index is 4.56. The Morgan fingerprint density at radius 2 is 1.80 bits per heavy atom. The first-order chi connectivity index (χ1) is 9.88. The predicted molar refractivity (Wildman–Crippen MR) is 84.6 cm³/mol. The van der Waals surface area contributed by atoms with Crippen molar-refractivity contribution in [3.63, 3.8) is 0 Å². The van der Waals surface area contributed by atoms with Gasteiger partial charge in [0.05, 0.1) is 5.52 Å². The van der Waals surface area contributed by atoms with Gasteiger partial charge in [-0.25, -0.2) is 0 Å². The molecule has 2 aromatic carbocycles. The summed E-state index contributed by atoms with van der Waals surface area (Å²) in [4.78, 5) is 4.56. The summed E-state index contributed by atoms with van der Waals surface area (Å²) in [6.07, 6.45) is 1.97. The molecule has 0 unspecified atom stereocenters. The minimum atomic E-state index is 0.888. The molecule has 1 heterocycles. The van der Waals surface area contributed by atoms with Gasteiger partial charge in [-0.1, -0.05) is 49.4 Å².